The Kier molecular flexibility index (Phi) is 7.93. The largest absolute Gasteiger partial charge is 0.461 e. The standard InChI is InChI=1S/C26H26BrF2N5O2/c1-2-36-25(35)26(28,29)18-5-3-6-20(13-18)34-11-9-19(10-12-34)31-15-17(14-30)23-16-32-22-8-4-7-21(27)24(22)33-23/h3-8,13-16,19,30-31H,2,9-12H2,1H3/b17-15+,30-14?. The molecule has 2 N–H and O–H groups in total. The summed E-state index contributed by atoms with van der Waals surface area (Å²) in [5, 5.41) is 11.2. The molecule has 0 radical (unpaired) electrons. The Bertz CT molecular complexity index is 1290. The molecule has 10 heteroatoms. The van der Waals surface area contributed by atoms with Crippen molar-refractivity contribution in [3.63, 3.8) is 0 Å². The van der Waals surface area contributed by atoms with Crippen molar-refractivity contribution in [1.29, 1.82) is 5.41 Å². The number of benzene rings is 2. The van der Waals surface area contributed by atoms with E-state index < -0.39 is 11.9 Å². The molecule has 188 valence electrons. The Morgan fingerprint density at radius 1 is 1.28 bits per heavy atom. The van der Waals surface area contributed by atoms with Crippen molar-refractivity contribution in [2.45, 2.75) is 31.7 Å². The lowest BCUT2D eigenvalue weighted by Crippen LogP contribution is -2.41. The first-order valence-electron chi connectivity index (χ1n) is 11.6. The first-order chi connectivity index (χ1) is 17.3. The zero-order valence-corrected chi connectivity index (χ0v) is 21.3. The number of carbonyl (C=O) groups is 1. The first-order valence-corrected chi connectivity index (χ1v) is 12.4. The van der Waals surface area contributed by atoms with Crippen molar-refractivity contribution >= 4 is 50.4 Å². The topological polar surface area (TPSA) is 91.2 Å². The van der Waals surface area contributed by atoms with Crippen molar-refractivity contribution in [2.24, 2.45) is 0 Å². The van der Waals surface area contributed by atoms with Crippen molar-refractivity contribution in [2.75, 3.05) is 24.6 Å². The maximum absolute atomic E-state index is 14.5. The molecule has 0 unspecified atom stereocenters. The number of hydrogen-bond donors (Lipinski definition) is 2. The number of nitrogens with zero attached hydrogens (tertiary/aromatic N) is 3. The lowest BCUT2D eigenvalue weighted by molar-refractivity contribution is -0.173. The highest BCUT2D eigenvalue weighted by molar-refractivity contribution is 9.10. The summed E-state index contributed by atoms with van der Waals surface area (Å²) in [6.07, 6.45) is 6.21. The van der Waals surface area contributed by atoms with Crippen molar-refractivity contribution in [1.82, 2.24) is 15.3 Å². The van der Waals surface area contributed by atoms with Crippen LogP contribution in [-0.2, 0) is 15.5 Å². The lowest BCUT2D eigenvalue weighted by atomic mass is 10.0. The molecule has 7 nitrogen and oxygen atoms in total. The minimum atomic E-state index is -3.69. The van der Waals surface area contributed by atoms with Crippen LogP contribution in [0.4, 0.5) is 14.5 Å². The number of halogens is 3. The van der Waals surface area contributed by atoms with Crippen LogP contribution in [0.25, 0.3) is 16.6 Å². The van der Waals surface area contributed by atoms with Crippen molar-refractivity contribution < 1.29 is 18.3 Å². The van der Waals surface area contributed by atoms with E-state index in [2.05, 4.69) is 36.0 Å². The van der Waals surface area contributed by atoms with Crippen molar-refractivity contribution in [3.05, 3.63) is 70.6 Å². The average Bonchev–Trinajstić information content (AvgIpc) is 2.90. The van der Waals surface area contributed by atoms with E-state index >= 15 is 0 Å². The second kappa shape index (κ2) is 11.1. The molecular weight excluding hydrogens is 532 g/mol. The Morgan fingerprint density at radius 3 is 2.75 bits per heavy atom. The van der Waals surface area contributed by atoms with Gasteiger partial charge in [0.2, 0.25) is 0 Å². The fourth-order valence-electron chi connectivity index (χ4n) is 4.08. The van der Waals surface area contributed by atoms with Gasteiger partial charge in [0.05, 0.1) is 24.0 Å². The molecule has 1 saturated heterocycles. The van der Waals surface area contributed by atoms with Gasteiger partial charge in [-0.3, -0.25) is 4.98 Å². The minimum Gasteiger partial charge on any atom is -0.461 e. The number of esters is 1. The van der Waals surface area contributed by atoms with Crippen LogP contribution in [-0.4, -0.2) is 47.9 Å². The van der Waals surface area contributed by atoms with Gasteiger partial charge in [0.1, 0.15) is 5.52 Å². The first kappa shape index (κ1) is 25.7. The van der Waals surface area contributed by atoms with Crippen LogP contribution in [0.1, 0.15) is 31.0 Å². The van der Waals surface area contributed by atoms with Crippen molar-refractivity contribution in [3.8, 4) is 0 Å². The Balaban J connectivity index is 1.40. The zero-order chi connectivity index (χ0) is 25.7. The van der Waals surface area contributed by atoms with Gasteiger partial charge in [-0.15, -0.1) is 0 Å². The molecule has 4 rings (SSSR count). The van der Waals surface area contributed by atoms with Crippen LogP contribution in [0.3, 0.4) is 0 Å². The number of fused-ring (bicyclic) bond motifs is 1. The van der Waals surface area contributed by atoms with E-state index in [1.807, 2.05) is 23.1 Å². The molecule has 0 amide bonds. The molecule has 2 aromatic carbocycles. The molecular formula is C26H26BrF2N5O2. The highest BCUT2D eigenvalue weighted by Crippen LogP contribution is 2.32. The van der Waals surface area contributed by atoms with Gasteiger partial charge in [-0.25, -0.2) is 9.78 Å². The van der Waals surface area contributed by atoms with Crippen LogP contribution < -0.4 is 10.2 Å². The normalized spacial score (nSPS) is 15.1. The van der Waals surface area contributed by atoms with E-state index in [0.717, 1.165) is 28.3 Å². The highest BCUT2D eigenvalue weighted by atomic mass is 79.9. The quantitative estimate of drug-likeness (QED) is 0.288. The number of anilines is 1. The number of carbonyl (C=O) groups excluding carboxylic acids is 1. The number of allylic oxidation sites excluding steroid dienone is 1. The number of para-hydroxylation sites is 1. The number of nitrogens with one attached hydrogen (secondary N) is 2. The Morgan fingerprint density at radius 2 is 2.03 bits per heavy atom. The fourth-order valence-corrected chi connectivity index (χ4v) is 4.52. The van der Waals surface area contributed by atoms with Crippen LogP contribution >= 0.6 is 15.9 Å². The Hall–Kier alpha value is -3.40. The zero-order valence-electron chi connectivity index (χ0n) is 19.7. The van der Waals surface area contributed by atoms with Gasteiger partial charge in [-0.1, -0.05) is 18.2 Å². The third kappa shape index (κ3) is 5.53. The summed E-state index contributed by atoms with van der Waals surface area (Å²) < 4.78 is 34.3. The third-order valence-corrected chi connectivity index (χ3v) is 6.69. The number of ether oxygens (including phenoxy) is 1. The van der Waals surface area contributed by atoms with Gasteiger partial charge in [0, 0.05) is 52.8 Å². The SMILES string of the molecule is CCOC(=O)C(F)(F)c1cccc(N2CCC(N/C=C(\C=N)c3cnc4cccc(Br)c4n3)CC2)c1. The van der Waals surface area contributed by atoms with Gasteiger partial charge < -0.3 is 20.4 Å². The summed E-state index contributed by atoms with van der Waals surface area (Å²) >= 11 is 3.49. The highest BCUT2D eigenvalue weighted by Gasteiger charge is 2.43. The van der Waals surface area contributed by atoms with E-state index in [-0.39, 0.29) is 18.2 Å². The molecule has 0 spiro atoms. The number of hydrogen-bond acceptors (Lipinski definition) is 7. The maximum Gasteiger partial charge on any atom is 0.381 e. The van der Waals surface area contributed by atoms with Gasteiger partial charge in [-0.05, 0) is 60.0 Å². The van der Waals surface area contributed by atoms with Crippen LogP contribution in [0, 0.1) is 5.41 Å². The predicted octanol–water partition coefficient (Wildman–Crippen LogP) is 5.30. The summed E-state index contributed by atoms with van der Waals surface area (Å²) in [5.74, 6) is -5.23. The molecule has 1 aliphatic heterocycles. The lowest BCUT2D eigenvalue weighted by Gasteiger charge is -2.34. The van der Waals surface area contributed by atoms with Crippen LogP contribution in [0.5, 0.6) is 0 Å². The summed E-state index contributed by atoms with van der Waals surface area (Å²) in [6, 6.07) is 11.7. The summed E-state index contributed by atoms with van der Waals surface area (Å²) in [6.45, 7) is 2.70. The van der Waals surface area contributed by atoms with E-state index in [0.29, 0.717) is 30.0 Å². The smallest absolute Gasteiger partial charge is 0.381 e. The monoisotopic (exact) mass is 557 g/mol. The average molecular weight is 558 g/mol. The van der Waals surface area contributed by atoms with Crippen LogP contribution in [0.15, 0.2) is 59.3 Å². The number of rotatable bonds is 8. The second-order valence-electron chi connectivity index (χ2n) is 8.38. The van der Waals surface area contributed by atoms with Gasteiger partial charge >= 0.3 is 11.9 Å². The fraction of sp³-hybridized carbons (Fsp3) is 0.308. The van der Waals surface area contributed by atoms with E-state index in [1.165, 1.54) is 31.3 Å². The molecule has 1 fully saturated rings. The van der Waals surface area contributed by atoms with E-state index in [1.54, 1.807) is 18.5 Å². The number of alkyl halides is 2. The van der Waals surface area contributed by atoms with Crippen LogP contribution in [0.2, 0.25) is 0 Å². The molecule has 0 saturated carbocycles. The number of piperidine rings is 1. The molecule has 1 aliphatic rings. The summed E-state index contributed by atoms with van der Waals surface area (Å²) in [7, 11) is 0. The third-order valence-electron chi connectivity index (χ3n) is 6.05. The van der Waals surface area contributed by atoms with E-state index in [4.69, 9.17) is 5.41 Å². The molecule has 0 atom stereocenters. The predicted molar refractivity (Wildman–Crippen MR) is 139 cm³/mol. The van der Waals surface area contributed by atoms with E-state index in [9.17, 15) is 13.6 Å². The molecule has 0 bridgehead atoms. The summed E-state index contributed by atoms with van der Waals surface area (Å²) in [5.41, 5.74) is 2.96. The minimum absolute atomic E-state index is 0.103. The molecule has 0 aliphatic carbocycles. The Labute approximate surface area is 216 Å². The summed E-state index contributed by atoms with van der Waals surface area (Å²) in [4.78, 5) is 22.8. The maximum atomic E-state index is 14.5. The second-order valence-corrected chi connectivity index (χ2v) is 9.23. The molecule has 3 aromatic rings. The van der Waals surface area contributed by atoms with Gasteiger partial charge in [0.25, 0.3) is 0 Å². The molecule has 2 heterocycles. The molecule has 1 aromatic heterocycles. The van der Waals surface area contributed by atoms with Gasteiger partial charge in [0.15, 0.2) is 0 Å². The number of aromatic nitrogens is 2. The molecule has 36 heavy (non-hydrogen) atoms. The van der Waals surface area contributed by atoms with Gasteiger partial charge in [-0.2, -0.15) is 8.78 Å².